The number of hydrogen-bond acceptors (Lipinski definition) is 3. The molecule has 4 nitrogen and oxygen atoms in total. The van der Waals surface area contributed by atoms with Gasteiger partial charge >= 0.3 is 0 Å². The van der Waals surface area contributed by atoms with Gasteiger partial charge in [0.25, 0.3) is 0 Å². The van der Waals surface area contributed by atoms with Gasteiger partial charge in [-0.2, -0.15) is 0 Å². The van der Waals surface area contributed by atoms with Gasteiger partial charge in [-0.1, -0.05) is 20.8 Å². The van der Waals surface area contributed by atoms with Crippen LogP contribution in [0.3, 0.4) is 0 Å². The van der Waals surface area contributed by atoms with Gasteiger partial charge in [0.15, 0.2) is 0 Å². The predicted molar refractivity (Wildman–Crippen MR) is 82.6 cm³/mol. The summed E-state index contributed by atoms with van der Waals surface area (Å²) in [6.07, 6.45) is 2.11. The van der Waals surface area contributed by atoms with Crippen LogP contribution >= 0.6 is 11.8 Å². The van der Waals surface area contributed by atoms with E-state index in [1.54, 1.807) is 11.8 Å². The lowest BCUT2D eigenvalue weighted by molar-refractivity contribution is -0.139. The van der Waals surface area contributed by atoms with Crippen LogP contribution < -0.4 is 0 Å². The second-order valence-electron chi connectivity index (χ2n) is 6.24. The van der Waals surface area contributed by atoms with E-state index in [2.05, 4.69) is 20.8 Å². The number of carbonyl (C=O) groups excluding carboxylic acids is 2. The van der Waals surface area contributed by atoms with Gasteiger partial charge in [0.2, 0.25) is 11.8 Å². The van der Waals surface area contributed by atoms with Crippen molar-refractivity contribution < 1.29 is 9.59 Å². The van der Waals surface area contributed by atoms with E-state index in [1.807, 2.05) is 9.80 Å². The van der Waals surface area contributed by atoms with Crippen molar-refractivity contribution in [1.82, 2.24) is 9.80 Å². The molecule has 0 spiro atoms. The van der Waals surface area contributed by atoms with E-state index in [9.17, 15) is 9.59 Å². The van der Waals surface area contributed by atoms with Crippen molar-refractivity contribution in [1.29, 1.82) is 0 Å². The lowest BCUT2D eigenvalue weighted by Crippen LogP contribution is -2.51. The van der Waals surface area contributed by atoms with Crippen LogP contribution in [0.2, 0.25) is 0 Å². The third-order valence-corrected chi connectivity index (χ3v) is 5.76. The van der Waals surface area contributed by atoms with Crippen LogP contribution in [0.5, 0.6) is 0 Å². The Labute approximate surface area is 126 Å². The minimum atomic E-state index is 0.223. The Morgan fingerprint density at radius 2 is 1.60 bits per heavy atom. The Morgan fingerprint density at radius 3 is 2.10 bits per heavy atom. The molecule has 2 rings (SSSR count). The zero-order valence-electron chi connectivity index (χ0n) is 12.8. The van der Waals surface area contributed by atoms with Crippen molar-refractivity contribution in [2.24, 2.45) is 11.8 Å². The van der Waals surface area contributed by atoms with E-state index < -0.39 is 0 Å². The normalized spacial score (nSPS) is 21.2. The number of amides is 2. The molecule has 1 atom stereocenters. The summed E-state index contributed by atoms with van der Waals surface area (Å²) in [5, 5.41) is 0.511. The molecule has 0 aromatic rings. The van der Waals surface area contributed by atoms with E-state index in [0.717, 1.165) is 12.8 Å². The molecule has 1 aliphatic heterocycles. The molecule has 114 valence electrons. The van der Waals surface area contributed by atoms with Crippen LogP contribution in [0.15, 0.2) is 0 Å². The fourth-order valence-electron chi connectivity index (χ4n) is 2.25. The highest BCUT2D eigenvalue weighted by atomic mass is 32.2. The number of nitrogens with zero attached hydrogens (tertiary/aromatic N) is 2. The number of hydrogen-bond donors (Lipinski definition) is 0. The second kappa shape index (κ2) is 6.83. The standard InChI is InChI=1S/C15H26N2O2S/c1-11(2)12(3)20-10-14(18)16-6-8-17(9-7-16)15(19)13-4-5-13/h11-13H,4-10H2,1-3H3. The first kappa shape index (κ1) is 15.7. The molecule has 1 unspecified atom stereocenters. The maximum Gasteiger partial charge on any atom is 0.232 e. The first-order chi connectivity index (χ1) is 9.49. The molecule has 0 aromatic carbocycles. The van der Waals surface area contributed by atoms with E-state index in [-0.39, 0.29) is 5.91 Å². The third-order valence-electron chi connectivity index (χ3n) is 4.28. The van der Waals surface area contributed by atoms with Crippen LogP contribution in [-0.2, 0) is 9.59 Å². The molecule has 0 bridgehead atoms. The monoisotopic (exact) mass is 298 g/mol. The maximum absolute atomic E-state index is 12.1. The number of piperazine rings is 1. The van der Waals surface area contributed by atoms with E-state index >= 15 is 0 Å². The Bertz CT molecular complexity index is 361. The molecule has 0 aromatic heterocycles. The minimum absolute atomic E-state index is 0.223. The van der Waals surface area contributed by atoms with Crippen LogP contribution in [-0.4, -0.2) is 58.8 Å². The molecule has 0 N–H and O–H groups in total. The summed E-state index contributed by atoms with van der Waals surface area (Å²) in [6.45, 7) is 9.38. The molecule has 2 fully saturated rings. The largest absolute Gasteiger partial charge is 0.339 e. The quantitative estimate of drug-likeness (QED) is 0.778. The van der Waals surface area contributed by atoms with Crippen molar-refractivity contribution in [3.63, 3.8) is 0 Å². The molecule has 2 aliphatic rings. The summed E-state index contributed by atoms with van der Waals surface area (Å²) < 4.78 is 0. The van der Waals surface area contributed by atoms with Crippen LogP contribution in [0.4, 0.5) is 0 Å². The summed E-state index contributed by atoms with van der Waals surface area (Å²) in [7, 11) is 0. The molecular weight excluding hydrogens is 272 g/mol. The van der Waals surface area contributed by atoms with Gasteiger partial charge in [-0.25, -0.2) is 0 Å². The Hall–Kier alpha value is -0.710. The van der Waals surface area contributed by atoms with E-state index in [1.165, 1.54) is 0 Å². The SMILES string of the molecule is CC(C)C(C)SCC(=O)N1CCN(C(=O)C2CC2)CC1. The van der Waals surface area contributed by atoms with Crippen molar-refractivity contribution in [2.45, 2.75) is 38.9 Å². The lowest BCUT2D eigenvalue weighted by atomic mass is 10.2. The zero-order chi connectivity index (χ0) is 14.7. The highest BCUT2D eigenvalue weighted by Crippen LogP contribution is 2.31. The fraction of sp³-hybridized carbons (Fsp3) is 0.867. The van der Waals surface area contributed by atoms with Crippen molar-refractivity contribution in [3.05, 3.63) is 0 Å². The summed E-state index contributed by atoms with van der Waals surface area (Å²) in [4.78, 5) is 27.9. The lowest BCUT2D eigenvalue weighted by Gasteiger charge is -2.35. The molecule has 1 saturated heterocycles. The van der Waals surface area contributed by atoms with Gasteiger partial charge in [-0.15, -0.1) is 11.8 Å². The van der Waals surface area contributed by atoms with Crippen LogP contribution in [0.1, 0.15) is 33.6 Å². The average molecular weight is 298 g/mol. The molecule has 1 saturated carbocycles. The number of carbonyl (C=O) groups is 2. The van der Waals surface area contributed by atoms with Gasteiger partial charge in [0.05, 0.1) is 5.75 Å². The minimum Gasteiger partial charge on any atom is -0.339 e. The van der Waals surface area contributed by atoms with E-state index in [4.69, 9.17) is 0 Å². The second-order valence-corrected chi connectivity index (χ2v) is 7.61. The van der Waals surface area contributed by atoms with Gasteiger partial charge in [-0.05, 0) is 18.8 Å². The summed E-state index contributed by atoms with van der Waals surface area (Å²) in [5.74, 6) is 1.98. The van der Waals surface area contributed by atoms with Crippen LogP contribution in [0, 0.1) is 11.8 Å². The summed E-state index contributed by atoms with van der Waals surface area (Å²) >= 11 is 1.74. The molecule has 1 aliphatic carbocycles. The van der Waals surface area contributed by atoms with Gasteiger partial charge in [0.1, 0.15) is 0 Å². The van der Waals surface area contributed by atoms with Crippen LogP contribution in [0.25, 0.3) is 0 Å². The highest BCUT2D eigenvalue weighted by Gasteiger charge is 2.35. The number of thioether (sulfide) groups is 1. The molecular formula is C15H26N2O2S. The van der Waals surface area contributed by atoms with E-state index in [0.29, 0.717) is 54.9 Å². The summed E-state index contributed by atoms with van der Waals surface area (Å²) in [5.41, 5.74) is 0. The molecule has 0 radical (unpaired) electrons. The fourth-order valence-corrected chi connectivity index (χ4v) is 3.22. The molecule has 20 heavy (non-hydrogen) atoms. The van der Waals surface area contributed by atoms with Gasteiger partial charge in [0, 0.05) is 37.3 Å². The van der Waals surface area contributed by atoms with Crippen molar-refractivity contribution >= 4 is 23.6 Å². The Kier molecular flexibility index (Phi) is 5.35. The van der Waals surface area contributed by atoms with Crippen molar-refractivity contribution in [2.75, 3.05) is 31.9 Å². The Morgan fingerprint density at radius 1 is 1.05 bits per heavy atom. The smallest absolute Gasteiger partial charge is 0.232 e. The average Bonchev–Trinajstić information content (AvgIpc) is 3.28. The topological polar surface area (TPSA) is 40.6 Å². The number of rotatable bonds is 5. The molecule has 1 heterocycles. The molecule has 5 heteroatoms. The molecule has 2 amide bonds. The first-order valence-corrected chi connectivity index (χ1v) is 8.72. The van der Waals surface area contributed by atoms with Crippen molar-refractivity contribution in [3.8, 4) is 0 Å². The third kappa shape index (κ3) is 4.14. The Balaban J connectivity index is 1.70. The first-order valence-electron chi connectivity index (χ1n) is 7.67. The highest BCUT2D eigenvalue weighted by molar-refractivity contribution is 8.00. The zero-order valence-corrected chi connectivity index (χ0v) is 13.6. The predicted octanol–water partition coefficient (Wildman–Crippen LogP) is 1.84. The van der Waals surface area contributed by atoms with Gasteiger partial charge in [-0.3, -0.25) is 9.59 Å². The summed E-state index contributed by atoms with van der Waals surface area (Å²) in [6, 6.07) is 0. The van der Waals surface area contributed by atoms with Gasteiger partial charge < -0.3 is 9.80 Å². The maximum atomic E-state index is 12.1.